The van der Waals surface area contributed by atoms with Crippen LogP contribution >= 0.6 is 11.3 Å². The summed E-state index contributed by atoms with van der Waals surface area (Å²) in [5, 5.41) is 10.8. The lowest BCUT2D eigenvalue weighted by Crippen LogP contribution is -2.42. The van der Waals surface area contributed by atoms with E-state index in [1.165, 1.54) is 16.2 Å². The fourth-order valence-electron chi connectivity index (χ4n) is 2.26. The number of anilines is 1. The van der Waals surface area contributed by atoms with Crippen molar-refractivity contribution in [3.8, 4) is 0 Å². The van der Waals surface area contributed by atoms with Crippen LogP contribution in [-0.4, -0.2) is 39.5 Å². The van der Waals surface area contributed by atoms with Crippen molar-refractivity contribution in [2.45, 2.75) is 31.7 Å². The maximum atomic E-state index is 12.2. The number of hydrogen-bond donors (Lipinski definition) is 2. The van der Waals surface area contributed by atoms with Crippen LogP contribution < -0.4 is 5.73 Å². The number of aromatic nitrogens is 1. The third kappa shape index (κ3) is 2.79. The van der Waals surface area contributed by atoms with Crippen molar-refractivity contribution in [1.82, 2.24) is 9.88 Å². The highest BCUT2D eigenvalue weighted by Crippen LogP contribution is 2.25. The lowest BCUT2D eigenvalue weighted by atomic mass is 10.2. The molecule has 0 atom stereocenters. The molecule has 1 fully saturated rings. The van der Waals surface area contributed by atoms with Crippen LogP contribution in [0.15, 0.2) is 5.38 Å². The summed E-state index contributed by atoms with van der Waals surface area (Å²) in [4.78, 5) is 28.4. The molecular weight excluding hydrogens is 254 g/mol. The van der Waals surface area contributed by atoms with Crippen molar-refractivity contribution in [2.75, 3.05) is 12.3 Å². The second-order valence-electron chi connectivity index (χ2n) is 4.34. The number of nitrogen functional groups attached to an aromatic ring is 1. The Morgan fingerprint density at radius 2 is 2.17 bits per heavy atom. The summed E-state index contributed by atoms with van der Waals surface area (Å²) in [5.41, 5.74) is 5.73. The van der Waals surface area contributed by atoms with Crippen molar-refractivity contribution in [1.29, 1.82) is 0 Å². The van der Waals surface area contributed by atoms with Gasteiger partial charge in [0.25, 0.3) is 5.91 Å². The molecule has 1 heterocycles. The smallest absolute Gasteiger partial charge is 0.323 e. The molecule has 0 aromatic carbocycles. The number of carboxylic acids is 1. The van der Waals surface area contributed by atoms with Crippen molar-refractivity contribution < 1.29 is 14.7 Å². The van der Waals surface area contributed by atoms with Crippen LogP contribution in [0.25, 0.3) is 0 Å². The monoisotopic (exact) mass is 269 g/mol. The Labute approximate surface area is 108 Å². The number of carbonyl (C=O) groups is 2. The van der Waals surface area contributed by atoms with Crippen molar-refractivity contribution >= 4 is 28.3 Å². The average Bonchev–Trinajstić information content (AvgIpc) is 2.95. The Morgan fingerprint density at radius 3 is 2.67 bits per heavy atom. The SMILES string of the molecule is Nc1nc(C(=O)N(CC(=O)O)C2CCCC2)cs1. The van der Waals surface area contributed by atoms with Crippen molar-refractivity contribution in [3.05, 3.63) is 11.1 Å². The van der Waals surface area contributed by atoms with E-state index in [1.54, 1.807) is 5.38 Å². The van der Waals surface area contributed by atoms with Crippen LogP contribution in [0.2, 0.25) is 0 Å². The number of carboxylic acid groups (broad SMARTS) is 1. The zero-order chi connectivity index (χ0) is 13.1. The first-order valence-electron chi connectivity index (χ1n) is 5.81. The Bertz CT molecular complexity index is 454. The normalized spacial score (nSPS) is 15.8. The van der Waals surface area contributed by atoms with Crippen LogP contribution in [0.1, 0.15) is 36.2 Å². The number of carbonyl (C=O) groups excluding carboxylic acids is 1. The van der Waals surface area contributed by atoms with E-state index in [4.69, 9.17) is 10.8 Å². The lowest BCUT2D eigenvalue weighted by Gasteiger charge is -2.26. The molecule has 18 heavy (non-hydrogen) atoms. The third-order valence-corrected chi connectivity index (χ3v) is 3.75. The molecule has 1 aliphatic carbocycles. The first-order valence-corrected chi connectivity index (χ1v) is 6.69. The Morgan fingerprint density at radius 1 is 1.50 bits per heavy atom. The van der Waals surface area contributed by atoms with Gasteiger partial charge in [-0.3, -0.25) is 9.59 Å². The van der Waals surface area contributed by atoms with E-state index < -0.39 is 5.97 Å². The van der Waals surface area contributed by atoms with E-state index in [-0.39, 0.29) is 24.2 Å². The fraction of sp³-hybridized carbons (Fsp3) is 0.545. The molecule has 1 amide bonds. The summed E-state index contributed by atoms with van der Waals surface area (Å²) in [6, 6.07) is 0.0107. The number of hydrogen-bond acceptors (Lipinski definition) is 5. The highest BCUT2D eigenvalue weighted by molar-refractivity contribution is 7.13. The molecule has 1 aromatic heterocycles. The van der Waals surface area contributed by atoms with Gasteiger partial charge in [0.15, 0.2) is 5.13 Å². The number of nitrogens with zero attached hydrogens (tertiary/aromatic N) is 2. The molecule has 7 heteroatoms. The minimum Gasteiger partial charge on any atom is -0.480 e. The molecule has 3 N–H and O–H groups in total. The predicted octanol–water partition coefficient (Wildman–Crippen LogP) is 1.19. The molecule has 1 saturated carbocycles. The first-order chi connectivity index (χ1) is 8.58. The standard InChI is InChI=1S/C11H15N3O3S/c12-11-13-8(6-18-11)10(17)14(5-9(15)16)7-3-1-2-4-7/h6-7H,1-5H2,(H2,12,13)(H,15,16). The maximum absolute atomic E-state index is 12.2. The van der Waals surface area contributed by atoms with Gasteiger partial charge in [0.05, 0.1) is 0 Å². The van der Waals surface area contributed by atoms with E-state index in [0.717, 1.165) is 25.7 Å². The van der Waals surface area contributed by atoms with Gasteiger partial charge in [-0.05, 0) is 12.8 Å². The molecule has 2 rings (SSSR count). The molecular formula is C11H15N3O3S. The molecule has 1 aliphatic rings. The first kappa shape index (κ1) is 12.8. The second-order valence-corrected chi connectivity index (χ2v) is 5.23. The number of rotatable bonds is 4. The van der Waals surface area contributed by atoms with Crippen LogP contribution in [-0.2, 0) is 4.79 Å². The van der Waals surface area contributed by atoms with Crippen molar-refractivity contribution in [2.24, 2.45) is 0 Å². The zero-order valence-electron chi connectivity index (χ0n) is 9.83. The Balaban J connectivity index is 2.17. The summed E-state index contributed by atoms with van der Waals surface area (Å²) < 4.78 is 0. The average molecular weight is 269 g/mol. The minimum atomic E-state index is -1.00. The number of nitrogens with two attached hydrogens (primary N) is 1. The van der Waals surface area contributed by atoms with Gasteiger partial charge in [-0.15, -0.1) is 11.3 Å². The highest BCUT2D eigenvalue weighted by Gasteiger charge is 2.30. The third-order valence-electron chi connectivity index (χ3n) is 3.07. The van der Waals surface area contributed by atoms with Gasteiger partial charge >= 0.3 is 5.97 Å². The molecule has 0 bridgehead atoms. The molecule has 0 unspecified atom stereocenters. The minimum absolute atomic E-state index is 0.0107. The van der Waals surface area contributed by atoms with Crippen LogP contribution in [0, 0.1) is 0 Å². The van der Waals surface area contributed by atoms with Gasteiger partial charge in [-0.25, -0.2) is 4.98 Å². The lowest BCUT2D eigenvalue weighted by molar-refractivity contribution is -0.138. The summed E-state index contributed by atoms with van der Waals surface area (Å²) in [7, 11) is 0. The molecule has 0 radical (unpaired) electrons. The molecule has 0 saturated heterocycles. The van der Waals surface area contributed by atoms with Gasteiger partial charge in [0.2, 0.25) is 0 Å². The van der Waals surface area contributed by atoms with Gasteiger partial charge in [-0.1, -0.05) is 12.8 Å². The van der Waals surface area contributed by atoms with Gasteiger partial charge < -0.3 is 15.7 Å². The van der Waals surface area contributed by atoms with E-state index >= 15 is 0 Å². The topological polar surface area (TPSA) is 96.5 Å². The highest BCUT2D eigenvalue weighted by atomic mass is 32.1. The predicted molar refractivity (Wildman–Crippen MR) is 67.5 cm³/mol. The number of thiazole rings is 1. The summed E-state index contributed by atoms with van der Waals surface area (Å²) in [6.07, 6.45) is 3.79. The van der Waals surface area contributed by atoms with Crippen LogP contribution in [0.3, 0.4) is 0 Å². The molecule has 0 spiro atoms. The Hall–Kier alpha value is -1.63. The summed E-state index contributed by atoms with van der Waals surface area (Å²) >= 11 is 1.18. The van der Waals surface area contributed by atoms with Gasteiger partial charge in [0.1, 0.15) is 12.2 Å². The summed E-state index contributed by atoms with van der Waals surface area (Å²) in [5.74, 6) is -1.34. The van der Waals surface area contributed by atoms with E-state index in [1.807, 2.05) is 0 Å². The maximum Gasteiger partial charge on any atom is 0.323 e. The Kier molecular flexibility index (Phi) is 3.81. The molecule has 0 aliphatic heterocycles. The second kappa shape index (κ2) is 5.34. The fourth-order valence-corrected chi connectivity index (χ4v) is 2.80. The molecule has 6 nitrogen and oxygen atoms in total. The van der Waals surface area contributed by atoms with Crippen LogP contribution in [0.5, 0.6) is 0 Å². The van der Waals surface area contributed by atoms with Gasteiger partial charge in [-0.2, -0.15) is 0 Å². The number of amides is 1. The van der Waals surface area contributed by atoms with E-state index in [9.17, 15) is 9.59 Å². The van der Waals surface area contributed by atoms with Crippen LogP contribution in [0.4, 0.5) is 5.13 Å². The van der Waals surface area contributed by atoms with Gasteiger partial charge in [0, 0.05) is 11.4 Å². The largest absolute Gasteiger partial charge is 0.480 e. The van der Waals surface area contributed by atoms with Crippen molar-refractivity contribution in [3.63, 3.8) is 0 Å². The zero-order valence-corrected chi connectivity index (χ0v) is 10.7. The summed E-state index contributed by atoms with van der Waals surface area (Å²) in [6.45, 7) is -0.277. The number of aliphatic carboxylic acids is 1. The molecule has 98 valence electrons. The quantitative estimate of drug-likeness (QED) is 0.856. The van der Waals surface area contributed by atoms with E-state index in [2.05, 4.69) is 4.98 Å². The van der Waals surface area contributed by atoms with E-state index in [0.29, 0.717) is 5.13 Å². The molecule has 1 aromatic rings.